The average molecular weight is 429 g/mol. The van der Waals surface area contributed by atoms with Crippen LogP contribution >= 0.6 is 0 Å². The van der Waals surface area contributed by atoms with E-state index in [9.17, 15) is 9.90 Å². The van der Waals surface area contributed by atoms with Crippen LogP contribution in [-0.4, -0.2) is 58.0 Å². The molecule has 1 saturated carbocycles. The molecule has 0 unspecified atom stereocenters. The normalized spacial score (nSPS) is 24.3. The molecule has 1 aliphatic heterocycles. The number of hydrogen-bond donors (Lipinski definition) is 2. The molecule has 1 aliphatic carbocycles. The van der Waals surface area contributed by atoms with Gasteiger partial charge in [0.1, 0.15) is 17.5 Å². The number of hydrogen-bond acceptors (Lipinski definition) is 6. The fourth-order valence-corrected chi connectivity index (χ4v) is 4.66. The van der Waals surface area contributed by atoms with Crippen LogP contribution in [-0.2, 0) is 16.1 Å². The van der Waals surface area contributed by atoms with Crippen molar-refractivity contribution in [1.82, 2.24) is 20.3 Å². The second kappa shape index (κ2) is 10.2. The van der Waals surface area contributed by atoms with Gasteiger partial charge >= 0.3 is 0 Å². The molecular formula is C23H32N4O4. The number of aryl methyl sites for hydroxylation is 1. The first kappa shape index (κ1) is 21.8. The number of aromatic nitrogens is 3. The van der Waals surface area contributed by atoms with E-state index >= 15 is 0 Å². The Balaban J connectivity index is 1.29. The first-order valence-electron chi connectivity index (χ1n) is 11.3. The molecule has 2 fully saturated rings. The minimum absolute atomic E-state index is 0.0238. The minimum atomic E-state index is -0.357. The number of aliphatic hydroxyl groups excluding tert-OH is 1. The zero-order valence-corrected chi connectivity index (χ0v) is 18.1. The van der Waals surface area contributed by atoms with E-state index in [1.54, 1.807) is 7.11 Å². The molecule has 8 heteroatoms. The summed E-state index contributed by atoms with van der Waals surface area (Å²) in [4.78, 5) is 12.5. The van der Waals surface area contributed by atoms with Crippen LogP contribution in [0.3, 0.4) is 0 Å². The summed E-state index contributed by atoms with van der Waals surface area (Å²) >= 11 is 0. The first-order valence-corrected chi connectivity index (χ1v) is 11.3. The lowest BCUT2D eigenvalue weighted by atomic mass is 9.96. The highest BCUT2D eigenvalue weighted by atomic mass is 16.5. The standard InChI is InChI=1S/C23H32N4O4/c1-30-21-9-5-4-8-18(21)20-14-27(26-25-20)13-12-17-10-11-19(22(15-28)31-17)24-23(29)16-6-2-3-7-16/h4-5,8-9,14,16-17,19,22,28H,2-3,6-7,10-13,15H2,1H3,(H,24,29)/t17-,19+,22-/m0/s1. The quantitative estimate of drug-likeness (QED) is 0.671. The van der Waals surface area contributed by atoms with E-state index in [0.29, 0.717) is 6.54 Å². The van der Waals surface area contributed by atoms with Gasteiger partial charge in [0.25, 0.3) is 0 Å². The maximum Gasteiger partial charge on any atom is 0.223 e. The molecule has 1 amide bonds. The highest BCUT2D eigenvalue weighted by molar-refractivity contribution is 5.79. The van der Waals surface area contributed by atoms with E-state index in [1.807, 2.05) is 35.1 Å². The number of nitrogens with zero attached hydrogens (tertiary/aromatic N) is 3. The number of benzene rings is 1. The molecule has 31 heavy (non-hydrogen) atoms. The van der Waals surface area contributed by atoms with Gasteiger partial charge in [0.15, 0.2) is 0 Å². The van der Waals surface area contributed by atoms with Crippen molar-refractivity contribution >= 4 is 5.91 Å². The van der Waals surface area contributed by atoms with Crippen LogP contribution in [0, 0.1) is 5.92 Å². The molecule has 8 nitrogen and oxygen atoms in total. The van der Waals surface area contributed by atoms with E-state index in [1.165, 1.54) is 0 Å². The lowest BCUT2D eigenvalue weighted by molar-refractivity contribution is -0.132. The van der Waals surface area contributed by atoms with Crippen LogP contribution in [0.4, 0.5) is 0 Å². The molecule has 1 saturated heterocycles. The zero-order valence-electron chi connectivity index (χ0n) is 18.1. The van der Waals surface area contributed by atoms with Gasteiger partial charge in [-0.3, -0.25) is 9.48 Å². The van der Waals surface area contributed by atoms with E-state index in [4.69, 9.17) is 9.47 Å². The van der Waals surface area contributed by atoms with Crippen LogP contribution in [0.2, 0.25) is 0 Å². The molecule has 0 spiro atoms. The van der Waals surface area contributed by atoms with Crippen LogP contribution in [0.1, 0.15) is 44.9 Å². The number of methoxy groups -OCH3 is 1. The van der Waals surface area contributed by atoms with Gasteiger partial charge in [0.05, 0.1) is 32.1 Å². The molecule has 2 N–H and O–H groups in total. The van der Waals surface area contributed by atoms with Crippen molar-refractivity contribution in [3.8, 4) is 17.0 Å². The Morgan fingerprint density at radius 3 is 2.84 bits per heavy atom. The summed E-state index contributed by atoms with van der Waals surface area (Å²) in [5.74, 6) is 1.01. The lowest BCUT2D eigenvalue weighted by Crippen LogP contribution is -2.52. The summed E-state index contributed by atoms with van der Waals surface area (Å²) < 4.78 is 13.3. The Labute approximate surface area is 182 Å². The number of amides is 1. The van der Waals surface area contributed by atoms with Crippen LogP contribution < -0.4 is 10.1 Å². The molecule has 2 aromatic rings. The van der Waals surface area contributed by atoms with Gasteiger partial charge in [-0.05, 0) is 44.2 Å². The smallest absolute Gasteiger partial charge is 0.223 e. The summed E-state index contributed by atoms with van der Waals surface area (Å²) in [6.45, 7) is 0.581. The molecule has 168 valence electrons. The van der Waals surface area contributed by atoms with Crippen molar-refractivity contribution < 1.29 is 19.4 Å². The average Bonchev–Trinajstić information content (AvgIpc) is 3.51. The number of ether oxygens (including phenoxy) is 2. The summed E-state index contributed by atoms with van der Waals surface area (Å²) in [6, 6.07) is 7.63. The maximum absolute atomic E-state index is 12.5. The van der Waals surface area contributed by atoms with Crippen molar-refractivity contribution in [1.29, 1.82) is 0 Å². The van der Waals surface area contributed by atoms with Crippen molar-refractivity contribution in [2.75, 3.05) is 13.7 Å². The SMILES string of the molecule is COc1ccccc1-c1cn(CC[C@@H]2CC[C@@H](NC(=O)C3CCCC3)[C@H](CO)O2)nn1. The fourth-order valence-electron chi connectivity index (χ4n) is 4.66. The Morgan fingerprint density at radius 1 is 1.26 bits per heavy atom. The first-order chi connectivity index (χ1) is 15.2. The second-order valence-electron chi connectivity index (χ2n) is 8.51. The molecule has 1 aromatic heterocycles. The number of carbonyl (C=O) groups excluding carboxylic acids is 1. The second-order valence-corrected chi connectivity index (χ2v) is 8.51. The van der Waals surface area contributed by atoms with Crippen molar-refractivity contribution in [3.05, 3.63) is 30.5 Å². The van der Waals surface area contributed by atoms with Crippen LogP contribution in [0.15, 0.2) is 30.5 Å². The van der Waals surface area contributed by atoms with Gasteiger partial charge in [-0.2, -0.15) is 0 Å². The van der Waals surface area contributed by atoms with E-state index in [-0.39, 0.29) is 36.7 Å². The number of aliphatic hydroxyl groups is 1. The molecule has 4 rings (SSSR count). The molecule has 1 aromatic carbocycles. The van der Waals surface area contributed by atoms with Gasteiger partial charge in [-0.1, -0.05) is 30.2 Å². The van der Waals surface area contributed by atoms with Gasteiger partial charge in [-0.25, -0.2) is 0 Å². The summed E-state index contributed by atoms with van der Waals surface area (Å²) in [6.07, 6.45) is 8.22. The van der Waals surface area contributed by atoms with Gasteiger partial charge in [0, 0.05) is 18.0 Å². The summed E-state index contributed by atoms with van der Waals surface area (Å²) in [7, 11) is 1.64. The van der Waals surface area contributed by atoms with E-state index in [0.717, 1.165) is 62.0 Å². The number of nitrogens with one attached hydrogen (secondary N) is 1. The lowest BCUT2D eigenvalue weighted by Gasteiger charge is -2.36. The highest BCUT2D eigenvalue weighted by Crippen LogP contribution is 2.29. The Morgan fingerprint density at radius 2 is 2.06 bits per heavy atom. The van der Waals surface area contributed by atoms with Crippen molar-refractivity contribution in [2.24, 2.45) is 5.92 Å². The highest BCUT2D eigenvalue weighted by Gasteiger charge is 2.33. The van der Waals surface area contributed by atoms with Crippen molar-refractivity contribution in [2.45, 2.75) is 69.7 Å². The van der Waals surface area contributed by atoms with Gasteiger partial charge < -0.3 is 19.9 Å². The zero-order chi connectivity index (χ0) is 21.6. The van der Waals surface area contributed by atoms with Crippen molar-refractivity contribution in [3.63, 3.8) is 0 Å². The third-order valence-electron chi connectivity index (χ3n) is 6.45. The predicted molar refractivity (Wildman–Crippen MR) is 115 cm³/mol. The van der Waals surface area contributed by atoms with Crippen LogP contribution in [0.5, 0.6) is 5.75 Å². The predicted octanol–water partition coefficient (Wildman–Crippen LogP) is 2.56. The topological polar surface area (TPSA) is 98.5 Å². The molecule has 0 bridgehead atoms. The largest absolute Gasteiger partial charge is 0.496 e. The Hall–Kier alpha value is -2.45. The third-order valence-corrected chi connectivity index (χ3v) is 6.45. The molecule has 0 radical (unpaired) electrons. The Bertz CT molecular complexity index is 865. The number of rotatable bonds is 8. The van der Waals surface area contributed by atoms with E-state index < -0.39 is 0 Å². The van der Waals surface area contributed by atoms with E-state index in [2.05, 4.69) is 15.6 Å². The Kier molecular flexibility index (Phi) is 7.19. The minimum Gasteiger partial charge on any atom is -0.496 e. The summed E-state index contributed by atoms with van der Waals surface area (Å²) in [5, 5.41) is 21.4. The fraction of sp³-hybridized carbons (Fsp3) is 0.609. The monoisotopic (exact) mass is 428 g/mol. The summed E-state index contributed by atoms with van der Waals surface area (Å²) in [5.41, 5.74) is 1.68. The molecular weight excluding hydrogens is 396 g/mol. The molecule has 3 atom stereocenters. The third kappa shape index (κ3) is 5.25. The van der Waals surface area contributed by atoms with Crippen LogP contribution in [0.25, 0.3) is 11.3 Å². The number of para-hydroxylation sites is 1. The van der Waals surface area contributed by atoms with Gasteiger partial charge in [-0.15, -0.1) is 5.10 Å². The molecule has 2 heterocycles. The van der Waals surface area contributed by atoms with Gasteiger partial charge in [0.2, 0.25) is 5.91 Å². The number of carbonyl (C=O) groups is 1. The molecule has 2 aliphatic rings. The maximum atomic E-state index is 12.5.